The van der Waals surface area contributed by atoms with Crippen molar-refractivity contribution in [2.45, 2.75) is 16.3 Å². The Bertz CT molecular complexity index is 1520. The number of oxazole rings is 1. The van der Waals surface area contributed by atoms with E-state index < -0.39 is 35.4 Å². The average Bonchev–Trinajstić information content (AvgIpc) is 3.40. The largest absolute Gasteiger partial charge is 0.437 e. The summed E-state index contributed by atoms with van der Waals surface area (Å²) in [6.07, 6.45) is -3.59. The minimum Gasteiger partial charge on any atom is -0.425 e. The molecule has 3 amide bonds. The fourth-order valence-corrected chi connectivity index (χ4v) is 4.77. The zero-order valence-electron chi connectivity index (χ0n) is 21.2. The summed E-state index contributed by atoms with van der Waals surface area (Å²) in [6, 6.07) is 17.1. The number of carbonyl (C=O) groups excluding carboxylic acids is 2. The molecule has 9 nitrogen and oxygen atoms in total. The molecule has 0 radical (unpaired) electrons. The normalized spacial score (nSPS) is 13.7. The number of alkyl halides is 3. The number of hydrogen-bond donors (Lipinski definition) is 2. The minimum atomic E-state index is -4.90. The summed E-state index contributed by atoms with van der Waals surface area (Å²) in [5.41, 5.74) is -1.17. The van der Waals surface area contributed by atoms with E-state index in [4.69, 9.17) is 4.42 Å². The topological polar surface area (TPSA) is 104 Å². The zero-order chi connectivity index (χ0) is 29.0. The van der Waals surface area contributed by atoms with E-state index in [1.54, 1.807) is 47.4 Å². The van der Waals surface area contributed by atoms with Crippen LogP contribution in [0.25, 0.3) is 0 Å². The number of benzene rings is 2. The second-order valence-electron chi connectivity index (χ2n) is 8.81. The lowest BCUT2D eigenvalue weighted by atomic mass is 10.3. The molecule has 0 spiro atoms. The van der Waals surface area contributed by atoms with Gasteiger partial charge in [-0.15, -0.1) is 0 Å². The summed E-state index contributed by atoms with van der Waals surface area (Å²) in [4.78, 5) is 37.1. The van der Waals surface area contributed by atoms with Gasteiger partial charge >= 0.3 is 12.2 Å². The van der Waals surface area contributed by atoms with Gasteiger partial charge in [-0.05, 0) is 48.2 Å². The Morgan fingerprint density at radius 3 is 2.27 bits per heavy atom. The number of amides is 3. The molecule has 0 unspecified atom stereocenters. The van der Waals surface area contributed by atoms with Crippen LogP contribution in [0.3, 0.4) is 0 Å². The first-order chi connectivity index (χ1) is 19.7. The zero-order valence-corrected chi connectivity index (χ0v) is 22.0. The molecule has 5 rings (SSSR count). The first-order valence-electron chi connectivity index (χ1n) is 12.3. The first-order valence-corrected chi connectivity index (χ1v) is 13.1. The SMILES string of the molecule is O=C(Nc1ccc(N2CCN(C(=O)Nc3ccccc3F)CC2)nc1)c1oc(Sc2ccccc2)nc1C(F)(F)F. The Hall–Kier alpha value is -4.59. The van der Waals surface area contributed by atoms with Crippen molar-refractivity contribution in [3.8, 4) is 0 Å². The van der Waals surface area contributed by atoms with Gasteiger partial charge in [0.15, 0.2) is 5.69 Å². The molecule has 4 aromatic rings. The van der Waals surface area contributed by atoms with Crippen LogP contribution < -0.4 is 15.5 Å². The molecule has 1 fully saturated rings. The maximum Gasteiger partial charge on any atom is 0.437 e. The molecule has 14 heteroatoms. The van der Waals surface area contributed by atoms with Crippen molar-refractivity contribution in [2.24, 2.45) is 0 Å². The number of aromatic nitrogens is 2. The highest BCUT2D eigenvalue weighted by atomic mass is 32.2. The van der Waals surface area contributed by atoms with Gasteiger partial charge in [-0.3, -0.25) is 4.79 Å². The van der Waals surface area contributed by atoms with E-state index in [0.717, 1.165) is 11.8 Å². The quantitative estimate of drug-likeness (QED) is 0.268. The smallest absolute Gasteiger partial charge is 0.425 e. The summed E-state index contributed by atoms with van der Waals surface area (Å²) in [6.45, 7) is 1.60. The molecule has 41 heavy (non-hydrogen) atoms. The van der Waals surface area contributed by atoms with Gasteiger partial charge in [0.05, 0.1) is 17.6 Å². The van der Waals surface area contributed by atoms with Gasteiger partial charge in [0.2, 0.25) is 5.76 Å². The summed E-state index contributed by atoms with van der Waals surface area (Å²) < 4.78 is 59.8. The number of para-hydroxylation sites is 1. The van der Waals surface area contributed by atoms with E-state index in [2.05, 4.69) is 20.6 Å². The summed E-state index contributed by atoms with van der Waals surface area (Å²) >= 11 is 0.862. The van der Waals surface area contributed by atoms with E-state index in [0.29, 0.717) is 36.9 Å². The molecule has 2 aromatic carbocycles. The molecule has 2 aromatic heterocycles. The molecule has 2 N–H and O–H groups in total. The van der Waals surface area contributed by atoms with E-state index in [1.807, 2.05) is 4.90 Å². The Balaban J connectivity index is 1.19. The number of urea groups is 1. The van der Waals surface area contributed by atoms with Gasteiger partial charge in [0.1, 0.15) is 11.6 Å². The predicted molar refractivity (Wildman–Crippen MR) is 143 cm³/mol. The van der Waals surface area contributed by atoms with E-state index >= 15 is 0 Å². The predicted octanol–water partition coefficient (Wildman–Crippen LogP) is 5.99. The highest BCUT2D eigenvalue weighted by Crippen LogP contribution is 2.36. The third-order valence-electron chi connectivity index (χ3n) is 6.04. The monoisotopic (exact) mass is 586 g/mol. The highest BCUT2D eigenvalue weighted by Gasteiger charge is 2.41. The van der Waals surface area contributed by atoms with Crippen LogP contribution in [0.2, 0.25) is 0 Å². The van der Waals surface area contributed by atoms with Crippen molar-refractivity contribution < 1.29 is 31.6 Å². The molecule has 1 saturated heterocycles. The molecule has 212 valence electrons. The molecular formula is C27H22F4N6O3S. The number of rotatable bonds is 6. The Labute approximate surface area is 235 Å². The van der Waals surface area contributed by atoms with Crippen LogP contribution in [-0.4, -0.2) is 53.0 Å². The van der Waals surface area contributed by atoms with Gasteiger partial charge in [0, 0.05) is 31.1 Å². The van der Waals surface area contributed by atoms with Gasteiger partial charge in [-0.25, -0.2) is 14.2 Å². The number of pyridine rings is 1. The Morgan fingerprint density at radius 1 is 0.902 bits per heavy atom. The van der Waals surface area contributed by atoms with Crippen LogP contribution in [0.15, 0.2) is 87.5 Å². The second-order valence-corrected chi connectivity index (χ2v) is 9.84. The van der Waals surface area contributed by atoms with Gasteiger partial charge in [-0.2, -0.15) is 18.2 Å². The lowest BCUT2D eigenvalue weighted by Gasteiger charge is -2.35. The maximum absolute atomic E-state index is 13.8. The fraction of sp³-hybridized carbons (Fsp3) is 0.185. The summed E-state index contributed by atoms with van der Waals surface area (Å²) in [7, 11) is 0. The van der Waals surface area contributed by atoms with Crippen molar-refractivity contribution in [1.82, 2.24) is 14.9 Å². The lowest BCUT2D eigenvalue weighted by molar-refractivity contribution is -0.141. The van der Waals surface area contributed by atoms with Gasteiger partial charge < -0.3 is 24.9 Å². The van der Waals surface area contributed by atoms with Crippen molar-refractivity contribution in [3.05, 3.63) is 90.2 Å². The number of anilines is 3. The Kier molecular flexibility index (Phi) is 8.10. The molecule has 1 aliphatic heterocycles. The molecule has 0 bridgehead atoms. The molecule has 1 aliphatic rings. The van der Waals surface area contributed by atoms with Crippen LogP contribution in [0, 0.1) is 5.82 Å². The molecule has 0 atom stereocenters. The number of nitrogens with one attached hydrogen (secondary N) is 2. The van der Waals surface area contributed by atoms with E-state index in [9.17, 15) is 27.2 Å². The number of piperazine rings is 1. The lowest BCUT2D eigenvalue weighted by Crippen LogP contribution is -2.50. The summed E-state index contributed by atoms with van der Waals surface area (Å²) in [5, 5.41) is 4.61. The standard InChI is InChI=1S/C27H22F4N6O3S/c28-19-8-4-5-9-20(19)34-25(39)37-14-12-36(13-15-37)21-11-10-17(16-32-21)33-24(38)22-23(27(29,30)31)35-26(40-22)41-18-6-2-1-3-7-18/h1-11,16H,12-15H2,(H,33,38)(H,34,39). The number of nitrogens with zero attached hydrogens (tertiary/aromatic N) is 4. The van der Waals surface area contributed by atoms with Crippen LogP contribution in [-0.2, 0) is 6.18 Å². The maximum atomic E-state index is 13.8. The van der Waals surface area contributed by atoms with Crippen LogP contribution in [0.4, 0.5) is 39.5 Å². The number of halogens is 4. The number of carbonyl (C=O) groups is 2. The molecular weight excluding hydrogens is 564 g/mol. The van der Waals surface area contributed by atoms with E-state index in [-0.39, 0.29) is 16.6 Å². The molecule has 0 saturated carbocycles. The van der Waals surface area contributed by atoms with Crippen molar-refractivity contribution in [1.29, 1.82) is 0 Å². The third-order valence-corrected chi connectivity index (χ3v) is 6.90. The minimum absolute atomic E-state index is 0.0955. The first kappa shape index (κ1) is 28.0. The molecule has 3 heterocycles. The number of hydrogen-bond acceptors (Lipinski definition) is 7. The van der Waals surface area contributed by atoms with Crippen molar-refractivity contribution >= 4 is 40.9 Å². The van der Waals surface area contributed by atoms with Crippen molar-refractivity contribution in [2.75, 3.05) is 41.7 Å². The van der Waals surface area contributed by atoms with E-state index in [1.165, 1.54) is 30.5 Å². The fourth-order valence-electron chi connectivity index (χ4n) is 4.01. The van der Waals surface area contributed by atoms with Crippen LogP contribution in [0.5, 0.6) is 0 Å². The highest BCUT2D eigenvalue weighted by molar-refractivity contribution is 7.99. The van der Waals surface area contributed by atoms with Crippen LogP contribution in [0.1, 0.15) is 16.2 Å². The third kappa shape index (κ3) is 6.77. The van der Waals surface area contributed by atoms with Gasteiger partial charge in [0.25, 0.3) is 11.1 Å². The van der Waals surface area contributed by atoms with Crippen molar-refractivity contribution in [3.63, 3.8) is 0 Å². The molecule has 0 aliphatic carbocycles. The Morgan fingerprint density at radius 2 is 1.61 bits per heavy atom. The summed E-state index contributed by atoms with van der Waals surface area (Å²) in [5.74, 6) is -2.05. The van der Waals surface area contributed by atoms with Crippen LogP contribution >= 0.6 is 11.8 Å². The average molecular weight is 587 g/mol. The second kappa shape index (κ2) is 11.9. The van der Waals surface area contributed by atoms with Gasteiger partial charge in [-0.1, -0.05) is 30.3 Å².